The topological polar surface area (TPSA) is 64.1 Å². The molecule has 0 aliphatic heterocycles. The zero-order valence-corrected chi connectivity index (χ0v) is 15.8. The molecular weight excluding hydrogens is 346 g/mol. The van der Waals surface area contributed by atoms with Crippen molar-refractivity contribution < 1.29 is 9.53 Å². The SMILES string of the molecule is CCc1ccccc1O[C@H](C)C(=O)Nc1nnc(-c2ccc(C)cc2)s1. The number of aryl methyl sites for hydroxylation is 2. The first-order valence-electron chi connectivity index (χ1n) is 8.52. The number of hydrogen-bond acceptors (Lipinski definition) is 5. The first-order chi connectivity index (χ1) is 12.6. The molecule has 0 fully saturated rings. The predicted octanol–water partition coefficient (Wildman–Crippen LogP) is 4.48. The number of ether oxygens (including phenoxy) is 1. The molecule has 0 unspecified atom stereocenters. The molecule has 3 rings (SSSR count). The number of carbonyl (C=O) groups excluding carboxylic acids is 1. The second-order valence-corrected chi connectivity index (χ2v) is 6.97. The fraction of sp³-hybridized carbons (Fsp3) is 0.250. The summed E-state index contributed by atoms with van der Waals surface area (Å²) in [6.45, 7) is 5.82. The van der Waals surface area contributed by atoms with E-state index < -0.39 is 6.10 Å². The molecule has 1 atom stereocenters. The van der Waals surface area contributed by atoms with E-state index in [4.69, 9.17) is 4.74 Å². The molecule has 1 aromatic heterocycles. The van der Waals surface area contributed by atoms with Gasteiger partial charge in [0.1, 0.15) is 10.8 Å². The molecule has 3 aromatic rings. The minimum atomic E-state index is -0.630. The zero-order valence-electron chi connectivity index (χ0n) is 15.0. The number of aromatic nitrogens is 2. The number of nitrogens with zero attached hydrogens (tertiary/aromatic N) is 2. The largest absolute Gasteiger partial charge is 0.481 e. The van der Waals surface area contributed by atoms with Gasteiger partial charge >= 0.3 is 0 Å². The van der Waals surface area contributed by atoms with E-state index in [0.717, 1.165) is 28.3 Å². The maximum absolute atomic E-state index is 12.4. The van der Waals surface area contributed by atoms with E-state index in [-0.39, 0.29) is 5.91 Å². The molecule has 0 saturated carbocycles. The number of carbonyl (C=O) groups is 1. The standard InChI is InChI=1S/C20H21N3O2S/c1-4-15-7-5-6-8-17(15)25-14(3)18(24)21-20-23-22-19(26-20)16-11-9-13(2)10-12-16/h5-12,14H,4H2,1-3H3,(H,21,23,24)/t14-/m1/s1. The second kappa shape index (κ2) is 8.10. The van der Waals surface area contributed by atoms with Crippen LogP contribution in [0.4, 0.5) is 5.13 Å². The highest BCUT2D eigenvalue weighted by Gasteiger charge is 2.18. The number of anilines is 1. The molecule has 6 heteroatoms. The maximum Gasteiger partial charge on any atom is 0.266 e. The van der Waals surface area contributed by atoms with Crippen molar-refractivity contribution in [2.24, 2.45) is 0 Å². The van der Waals surface area contributed by atoms with Gasteiger partial charge in [0.25, 0.3) is 5.91 Å². The molecule has 1 heterocycles. The van der Waals surface area contributed by atoms with Crippen molar-refractivity contribution in [3.8, 4) is 16.3 Å². The van der Waals surface area contributed by atoms with Gasteiger partial charge in [-0.05, 0) is 31.9 Å². The number of amides is 1. The predicted molar refractivity (Wildman–Crippen MR) is 105 cm³/mol. The molecule has 26 heavy (non-hydrogen) atoms. The molecule has 5 nitrogen and oxygen atoms in total. The highest BCUT2D eigenvalue weighted by molar-refractivity contribution is 7.18. The lowest BCUT2D eigenvalue weighted by atomic mass is 10.1. The first-order valence-corrected chi connectivity index (χ1v) is 9.34. The monoisotopic (exact) mass is 367 g/mol. The van der Waals surface area contributed by atoms with Crippen molar-refractivity contribution in [1.82, 2.24) is 10.2 Å². The van der Waals surface area contributed by atoms with E-state index in [1.54, 1.807) is 6.92 Å². The second-order valence-electron chi connectivity index (χ2n) is 5.99. The van der Waals surface area contributed by atoms with Gasteiger partial charge in [-0.3, -0.25) is 10.1 Å². The lowest BCUT2D eigenvalue weighted by molar-refractivity contribution is -0.122. The zero-order chi connectivity index (χ0) is 18.5. The highest BCUT2D eigenvalue weighted by atomic mass is 32.1. The van der Waals surface area contributed by atoms with Gasteiger partial charge in [0, 0.05) is 5.56 Å². The molecule has 0 aliphatic carbocycles. The number of rotatable bonds is 6. The first kappa shape index (κ1) is 18.1. The van der Waals surface area contributed by atoms with E-state index in [9.17, 15) is 4.79 Å². The Morgan fingerprint density at radius 3 is 2.62 bits per heavy atom. The van der Waals surface area contributed by atoms with Gasteiger partial charge in [-0.25, -0.2) is 0 Å². The van der Waals surface area contributed by atoms with Crippen molar-refractivity contribution in [1.29, 1.82) is 0 Å². The summed E-state index contributed by atoms with van der Waals surface area (Å²) in [6.07, 6.45) is 0.218. The lowest BCUT2D eigenvalue weighted by Gasteiger charge is -2.15. The average Bonchev–Trinajstić information content (AvgIpc) is 3.11. The van der Waals surface area contributed by atoms with Crippen molar-refractivity contribution in [3.63, 3.8) is 0 Å². The molecule has 2 aromatic carbocycles. The Bertz CT molecular complexity index is 890. The smallest absolute Gasteiger partial charge is 0.266 e. The van der Waals surface area contributed by atoms with Crippen LogP contribution in [0.1, 0.15) is 25.0 Å². The third-order valence-corrected chi connectivity index (χ3v) is 4.87. The van der Waals surface area contributed by atoms with Crippen molar-refractivity contribution in [2.75, 3.05) is 5.32 Å². The molecule has 134 valence electrons. The van der Waals surface area contributed by atoms with Crippen LogP contribution in [0.25, 0.3) is 10.6 Å². The molecule has 1 N–H and O–H groups in total. The fourth-order valence-electron chi connectivity index (χ4n) is 2.45. The van der Waals surface area contributed by atoms with E-state index in [0.29, 0.717) is 5.13 Å². The van der Waals surface area contributed by atoms with Gasteiger partial charge in [0.05, 0.1) is 0 Å². The summed E-state index contributed by atoms with van der Waals surface area (Å²) in [7, 11) is 0. The summed E-state index contributed by atoms with van der Waals surface area (Å²) in [5.74, 6) is 0.484. The molecule has 1 amide bonds. The fourth-order valence-corrected chi connectivity index (χ4v) is 3.20. The van der Waals surface area contributed by atoms with Crippen LogP contribution >= 0.6 is 11.3 Å². The van der Waals surface area contributed by atoms with Crippen LogP contribution < -0.4 is 10.1 Å². The summed E-state index contributed by atoms with van der Waals surface area (Å²) >= 11 is 1.34. The Morgan fingerprint density at radius 2 is 1.88 bits per heavy atom. The summed E-state index contributed by atoms with van der Waals surface area (Å²) < 4.78 is 5.82. The van der Waals surface area contributed by atoms with Gasteiger partial charge in [0.2, 0.25) is 5.13 Å². The number of hydrogen-bond donors (Lipinski definition) is 1. The van der Waals surface area contributed by atoms with Crippen LogP contribution in [0.5, 0.6) is 5.75 Å². The third kappa shape index (κ3) is 4.26. The third-order valence-electron chi connectivity index (χ3n) is 3.98. The molecule has 0 radical (unpaired) electrons. The summed E-state index contributed by atoms with van der Waals surface area (Å²) in [5, 5.41) is 12.2. The van der Waals surface area contributed by atoms with E-state index in [2.05, 4.69) is 22.4 Å². The normalized spacial score (nSPS) is 11.8. The lowest BCUT2D eigenvalue weighted by Crippen LogP contribution is -2.30. The van der Waals surface area contributed by atoms with Gasteiger partial charge in [-0.1, -0.05) is 66.3 Å². The molecule has 0 saturated heterocycles. The Labute approximate surface area is 157 Å². The summed E-state index contributed by atoms with van der Waals surface area (Å²) in [4.78, 5) is 12.4. The van der Waals surface area contributed by atoms with E-state index in [1.807, 2.05) is 55.5 Å². The van der Waals surface area contributed by atoms with Crippen molar-refractivity contribution >= 4 is 22.4 Å². The highest BCUT2D eigenvalue weighted by Crippen LogP contribution is 2.27. The summed E-state index contributed by atoms with van der Waals surface area (Å²) in [6, 6.07) is 15.8. The Kier molecular flexibility index (Phi) is 5.63. The van der Waals surface area contributed by atoms with Crippen LogP contribution in [-0.2, 0) is 11.2 Å². The van der Waals surface area contributed by atoms with Crippen LogP contribution in [0.2, 0.25) is 0 Å². The van der Waals surface area contributed by atoms with Crippen LogP contribution in [0.15, 0.2) is 48.5 Å². The number of nitrogens with one attached hydrogen (secondary N) is 1. The van der Waals surface area contributed by atoms with Crippen LogP contribution in [0, 0.1) is 6.92 Å². The van der Waals surface area contributed by atoms with Crippen LogP contribution in [0.3, 0.4) is 0 Å². The van der Waals surface area contributed by atoms with Gasteiger partial charge in [-0.2, -0.15) is 0 Å². The maximum atomic E-state index is 12.4. The minimum absolute atomic E-state index is 0.248. The molecular formula is C20H21N3O2S. The number of benzene rings is 2. The Hall–Kier alpha value is -2.73. The Balaban J connectivity index is 1.65. The van der Waals surface area contributed by atoms with Crippen molar-refractivity contribution in [3.05, 3.63) is 59.7 Å². The van der Waals surface area contributed by atoms with Gasteiger partial charge < -0.3 is 4.74 Å². The molecule has 0 spiro atoms. The van der Waals surface area contributed by atoms with Crippen LogP contribution in [-0.4, -0.2) is 22.2 Å². The number of para-hydroxylation sites is 1. The molecule has 0 aliphatic rings. The Morgan fingerprint density at radius 1 is 1.15 bits per heavy atom. The average molecular weight is 367 g/mol. The summed E-state index contributed by atoms with van der Waals surface area (Å²) in [5.41, 5.74) is 3.24. The molecule has 0 bridgehead atoms. The van der Waals surface area contributed by atoms with Gasteiger partial charge in [0.15, 0.2) is 6.10 Å². The van der Waals surface area contributed by atoms with Crippen molar-refractivity contribution in [2.45, 2.75) is 33.3 Å². The quantitative estimate of drug-likeness (QED) is 0.697. The van der Waals surface area contributed by atoms with E-state index >= 15 is 0 Å². The minimum Gasteiger partial charge on any atom is -0.481 e. The van der Waals surface area contributed by atoms with Gasteiger partial charge in [-0.15, -0.1) is 10.2 Å². The van der Waals surface area contributed by atoms with E-state index in [1.165, 1.54) is 16.9 Å².